The molecule has 3 rings (SSSR count). The molecule has 0 saturated carbocycles. The lowest BCUT2D eigenvalue weighted by Gasteiger charge is -2.30. The number of para-hydroxylation sites is 1. The molecule has 0 aromatic heterocycles. The Kier molecular flexibility index (Phi) is 5.33. The van der Waals surface area contributed by atoms with Gasteiger partial charge in [0.1, 0.15) is 6.04 Å². The largest absolute Gasteiger partial charge is 0.323 e. The fraction of sp³-hybridized carbons (Fsp3) is 0.316. The highest BCUT2D eigenvalue weighted by molar-refractivity contribution is 14.1. The second-order valence-corrected chi connectivity index (χ2v) is 7.36. The van der Waals surface area contributed by atoms with Crippen molar-refractivity contribution in [2.24, 2.45) is 0 Å². The summed E-state index contributed by atoms with van der Waals surface area (Å²) < 4.78 is 1.07. The smallest absolute Gasteiger partial charge is 0.279 e. The average Bonchev–Trinajstić information content (AvgIpc) is 2.56. The van der Waals surface area contributed by atoms with Crippen molar-refractivity contribution in [1.82, 2.24) is 0 Å². The van der Waals surface area contributed by atoms with E-state index in [0.717, 1.165) is 22.1 Å². The molecule has 2 aromatic rings. The molecule has 0 saturated heterocycles. The van der Waals surface area contributed by atoms with Gasteiger partial charge in [0.2, 0.25) is 0 Å². The van der Waals surface area contributed by atoms with E-state index in [-0.39, 0.29) is 5.91 Å². The fourth-order valence-corrected chi connectivity index (χ4v) is 3.92. The van der Waals surface area contributed by atoms with Crippen LogP contribution in [0.5, 0.6) is 0 Å². The number of rotatable bonds is 4. The van der Waals surface area contributed by atoms with E-state index in [1.807, 2.05) is 24.3 Å². The summed E-state index contributed by atoms with van der Waals surface area (Å²) in [5, 5.41) is 3.04. The molecule has 2 aromatic carbocycles. The number of aryl methyl sites for hydroxylation is 1. The van der Waals surface area contributed by atoms with Gasteiger partial charge < -0.3 is 10.2 Å². The Morgan fingerprint density at radius 2 is 1.96 bits per heavy atom. The predicted molar refractivity (Wildman–Crippen MR) is 102 cm³/mol. The first-order valence-electron chi connectivity index (χ1n) is 8.09. The molecule has 0 aliphatic heterocycles. The lowest BCUT2D eigenvalue weighted by atomic mass is 9.87. The first-order valence-corrected chi connectivity index (χ1v) is 9.17. The maximum Gasteiger partial charge on any atom is 0.279 e. The Bertz CT molecular complexity index is 701. The molecule has 1 aliphatic carbocycles. The Hall–Kier alpha value is -1.40. The number of nitrogens with one attached hydrogen (secondary N) is 2. The molecule has 2 atom stereocenters. The van der Waals surface area contributed by atoms with Crippen molar-refractivity contribution in [1.29, 1.82) is 0 Å². The maximum absolute atomic E-state index is 12.4. The topological polar surface area (TPSA) is 33.5 Å². The van der Waals surface area contributed by atoms with E-state index in [0.29, 0.717) is 12.6 Å². The van der Waals surface area contributed by atoms with Gasteiger partial charge in [-0.15, -0.1) is 0 Å². The van der Waals surface area contributed by atoms with Gasteiger partial charge in [0.15, 0.2) is 6.54 Å². The van der Waals surface area contributed by atoms with Gasteiger partial charge in [-0.3, -0.25) is 4.79 Å². The highest BCUT2D eigenvalue weighted by Gasteiger charge is 2.27. The third kappa shape index (κ3) is 3.93. The number of carbonyl (C=O) groups excluding carboxylic acids is 1. The SMILES string of the molecule is C[NH+](CC(=O)Nc1ccccc1I)[C@H]1CCCc2ccccc21. The summed E-state index contributed by atoms with van der Waals surface area (Å²) in [7, 11) is 2.13. The van der Waals surface area contributed by atoms with Gasteiger partial charge >= 0.3 is 0 Å². The van der Waals surface area contributed by atoms with Crippen LogP contribution < -0.4 is 10.2 Å². The van der Waals surface area contributed by atoms with E-state index in [2.05, 4.69) is 59.2 Å². The molecule has 0 bridgehead atoms. The molecule has 4 heteroatoms. The molecule has 0 spiro atoms. The number of benzene rings is 2. The summed E-state index contributed by atoms with van der Waals surface area (Å²) in [4.78, 5) is 13.7. The zero-order valence-electron chi connectivity index (χ0n) is 13.3. The highest BCUT2D eigenvalue weighted by atomic mass is 127. The van der Waals surface area contributed by atoms with Crippen LogP contribution in [0.4, 0.5) is 5.69 Å². The van der Waals surface area contributed by atoms with Crippen LogP contribution in [0.2, 0.25) is 0 Å². The van der Waals surface area contributed by atoms with Crippen LogP contribution in [0.1, 0.15) is 30.0 Å². The molecular weight excluding hydrogens is 399 g/mol. The van der Waals surface area contributed by atoms with Gasteiger partial charge in [-0.05, 0) is 53.1 Å². The van der Waals surface area contributed by atoms with Crippen molar-refractivity contribution in [2.45, 2.75) is 25.3 Å². The number of fused-ring (bicyclic) bond motifs is 1. The van der Waals surface area contributed by atoms with Gasteiger partial charge in [0, 0.05) is 15.6 Å². The maximum atomic E-state index is 12.4. The molecule has 0 radical (unpaired) electrons. The van der Waals surface area contributed by atoms with Gasteiger partial charge in [0.05, 0.1) is 12.7 Å². The van der Waals surface area contributed by atoms with Crippen molar-refractivity contribution in [3.63, 3.8) is 0 Å². The van der Waals surface area contributed by atoms with Crippen LogP contribution in [-0.2, 0) is 11.2 Å². The van der Waals surface area contributed by atoms with Crippen molar-refractivity contribution in [2.75, 3.05) is 18.9 Å². The first-order chi connectivity index (χ1) is 11.1. The number of amides is 1. The molecule has 1 aliphatic rings. The number of quaternary nitrogens is 1. The summed E-state index contributed by atoms with van der Waals surface area (Å²) in [6, 6.07) is 17.0. The van der Waals surface area contributed by atoms with E-state index in [9.17, 15) is 4.79 Å². The molecule has 0 fully saturated rings. The highest BCUT2D eigenvalue weighted by Crippen LogP contribution is 2.27. The second-order valence-electron chi connectivity index (χ2n) is 6.19. The Morgan fingerprint density at radius 1 is 1.22 bits per heavy atom. The van der Waals surface area contributed by atoms with E-state index >= 15 is 0 Å². The Balaban J connectivity index is 1.67. The first kappa shape index (κ1) is 16.5. The van der Waals surface area contributed by atoms with Crippen LogP contribution in [0, 0.1) is 3.57 Å². The Morgan fingerprint density at radius 3 is 2.78 bits per heavy atom. The lowest BCUT2D eigenvalue weighted by molar-refractivity contribution is -0.905. The van der Waals surface area contributed by atoms with E-state index in [1.54, 1.807) is 0 Å². The number of carbonyl (C=O) groups is 1. The molecule has 0 heterocycles. The average molecular weight is 421 g/mol. The summed E-state index contributed by atoms with van der Waals surface area (Å²) in [6.07, 6.45) is 3.52. The molecule has 3 nitrogen and oxygen atoms in total. The minimum absolute atomic E-state index is 0.0784. The monoisotopic (exact) mass is 421 g/mol. The second kappa shape index (κ2) is 7.45. The lowest BCUT2D eigenvalue weighted by Crippen LogP contribution is -3.10. The van der Waals surface area contributed by atoms with Crippen molar-refractivity contribution in [3.8, 4) is 0 Å². The summed E-state index contributed by atoms with van der Waals surface area (Å²) in [5.74, 6) is 0.0784. The van der Waals surface area contributed by atoms with Crippen LogP contribution in [0.25, 0.3) is 0 Å². The van der Waals surface area contributed by atoms with E-state index in [1.165, 1.54) is 22.4 Å². The van der Waals surface area contributed by atoms with E-state index in [4.69, 9.17) is 0 Å². The fourth-order valence-electron chi connectivity index (χ4n) is 3.40. The number of likely N-dealkylation sites (N-methyl/N-ethyl adjacent to an activating group) is 1. The zero-order valence-corrected chi connectivity index (χ0v) is 15.5. The van der Waals surface area contributed by atoms with Crippen molar-refractivity contribution in [3.05, 3.63) is 63.2 Å². The number of halogens is 1. The van der Waals surface area contributed by atoms with Crippen LogP contribution in [-0.4, -0.2) is 19.5 Å². The van der Waals surface area contributed by atoms with Crippen LogP contribution in [0.3, 0.4) is 0 Å². The van der Waals surface area contributed by atoms with Crippen LogP contribution in [0.15, 0.2) is 48.5 Å². The number of anilines is 1. The predicted octanol–water partition coefficient (Wildman–Crippen LogP) is 2.82. The standard InChI is InChI=1S/C19H21IN2O/c1-22(13-19(23)21-17-11-5-4-10-16(17)20)18-12-6-8-14-7-2-3-9-15(14)18/h2-5,7,9-11,18H,6,8,12-13H2,1H3,(H,21,23)/p+1/t18-/m0/s1. The molecular formula is C19H22IN2O+. The Labute approximate surface area is 151 Å². The minimum Gasteiger partial charge on any atom is -0.323 e. The van der Waals surface area contributed by atoms with Gasteiger partial charge in [-0.25, -0.2) is 0 Å². The van der Waals surface area contributed by atoms with Crippen LogP contribution >= 0.6 is 22.6 Å². The van der Waals surface area contributed by atoms with Crippen molar-refractivity contribution < 1.29 is 9.69 Å². The van der Waals surface area contributed by atoms with Crippen molar-refractivity contribution >= 4 is 34.2 Å². The quantitative estimate of drug-likeness (QED) is 0.732. The third-order valence-electron chi connectivity index (χ3n) is 4.55. The summed E-state index contributed by atoms with van der Waals surface area (Å²) in [5.41, 5.74) is 3.76. The molecule has 1 unspecified atom stereocenters. The number of hydrogen-bond acceptors (Lipinski definition) is 1. The molecule has 2 N–H and O–H groups in total. The molecule has 1 amide bonds. The summed E-state index contributed by atoms with van der Waals surface area (Å²) >= 11 is 2.25. The normalized spacial score (nSPS) is 18.1. The minimum atomic E-state index is 0.0784. The van der Waals surface area contributed by atoms with E-state index < -0.39 is 0 Å². The van der Waals surface area contributed by atoms with Gasteiger partial charge in [-0.1, -0.05) is 36.4 Å². The van der Waals surface area contributed by atoms with Gasteiger partial charge in [-0.2, -0.15) is 0 Å². The molecule has 23 heavy (non-hydrogen) atoms. The molecule has 120 valence electrons. The number of hydrogen-bond donors (Lipinski definition) is 2. The van der Waals surface area contributed by atoms with Gasteiger partial charge in [0.25, 0.3) is 5.91 Å². The zero-order chi connectivity index (χ0) is 16.2. The summed E-state index contributed by atoms with van der Waals surface area (Å²) in [6.45, 7) is 0.490. The third-order valence-corrected chi connectivity index (χ3v) is 5.49.